The van der Waals surface area contributed by atoms with Crippen LogP contribution < -0.4 is 5.73 Å². The van der Waals surface area contributed by atoms with Crippen LogP contribution in [0.25, 0.3) is 0 Å². The maximum atomic E-state index is 6.01. The summed E-state index contributed by atoms with van der Waals surface area (Å²) in [5, 5.41) is 3.95. The number of unbranched alkanes of at least 4 members (excludes halogenated alkanes) is 2. The van der Waals surface area contributed by atoms with Crippen LogP contribution in [-0.2, 0) is 0 Å². The van der Waals surface area contributed by atoms with Gasteiger partial charge in [-0.05, 0) is 24.9 Å². The smallest absolute Gasteiger partial charge is 0.0772 e. The summed E-state index contributed by atoms with van der Waals surface area (Å²) in [6.07, 6.45) is 4.76. The normalized spacial score (nSPS) is 13.2. The maximum Gasteiger partial charge on any atom is 0.0772 e. The van der Waals surface area contributed by atoms with E-state index in [1.807, 2.05) is 6.92 Å². The summed E-state index contributed by atoms with van der Waals surface area (Å²) in [4.78, 5) is 1.15. The molecule has 0 aliphatic rings. The lowest BCUT2D eigenvalue weighted by atomic mass is 10.1. The molecule has 0 radical (unpaired) electrons. The van der Waals surface area contributed by atoms with E-state index >= 15 is 0 Å². The summed E-state index contributed by atoms with van der Waals surface area (Å²) in [5.41, 5.74) is 7.01. The second-order valence-electron chi connectivity index (χ2n) is 3.32. The molecule has 0 saturated carbocycles. The lowest BCUT2D eigenvalue weighted by Gasteiger charge is -2.08. The highest BCUT2D eigenvalue weighted by Gasteiger charge is 2.11. The molecule has 0 amide bonds. The first kappa shape index (κ1) is 10.6. The Morgan fingerprint density at radius 3 is 2.77 bits per heavy atom. The van der Waals surface area contributed by atoms with Crippen molar-refractivity contribution in [3.8, 4) is 0 Å². The molecule has 3 nitrogen and oxygen atoms in total. The zero-order valence-electron chi connectivity index (χ0n) is 8.29. The Morgan fingerprint density at radius 1 is 1.46 bits per heavy atom. The van der Waals surface area contributed by atoms with Crippen molar-refractivity contribution >= 4 is 11.5 Å². The fourth-order valence-corrected chi connectivity index (χ4v) is 2.00. The van der Waals surface area contributed by atoms with Crippen LogP contribution >= 0.6 is 11.5 Å². The number of aryl methyl sites for hydroxylation is 1. The van der Waals surface area contributed by atoms with Crippen LogP contribution in [0.2, 0.25) is 0 Å². The average Bonchev–Trinajstić information content (AvgIpc) is 2.52. The summed E-state index contributed by atoms with van der Waals surface area (Å²) in [6, 6.07) is 0.145. The van der Waals surface area contributed by atoms with Gasteiger partial charge in [-0.15, -0.1) is 5.10 Å². The van der Waals surface area contributed by atoms with Crippen LogP contribution in [0.3, 0.4) is 0 Å². The molecular weight excluding hydrogens is 182 g/mol. The number of hydrogen-bond acceptors (Lipinski definition) is 4. The van der Waals surface area contributed by atoms with Crippen LogP contribution in [0.1, 0.15) is 49.2 Å². The largest absolute Gasteiger partial charge is 0.323 e. The molecule has 1 aromatic rings. The third-order valence-electron chi connectivity index (χ3n) is 2.14. The topological polar surface area (TPSA) is 51.8 Å². The maximum absolute atomic E-state index is 6.01. The monoisotopic (exact) mass is 199 g/mol. The van der Waals surface area contributed by atoms with Gasteiger partial charge in [0.15, 0.2) is 0 Å². The second kappa shape index (κ2) is 5.29. The molecule has 1 atom stereocenters. The fourth-order valence-electron chi connectivity index (χ4n) is 1.32. The average molecular weight is 199 g/mol. The van der Waals surface area contributed by atoms with Gasteiger partial charge in [0.1, 0.15) is 0 Å². The fraction of sp³-hybridized carbons (Fsp3) is 0.778. The minimum absolute atomic E-state index is 0.145. The van der Waals surface area contributed by atoms with Crippen molar-refractivity contribution in [2.45, 2.75) is 45.6 Å². The van der Waals surface area contributed by atoms with E-state index in [0.717, 1.165) is 17.0 Å². The van der Waals surface area contributed by atoms with Crippen LogP contribution in [0.15, 0.2) is 0 Å². The molecule has 0 fully saturated rings. The Kier molecular flexibility index (Phi) is 4.32. The number of nitrogens with zero attached hydrogens (tertiary/aromatic N) is 2. The zero-order chi connectivity index (χ0) is 9.68. The SMILES string of the molecule is CCCCCC(N)c1snnc1C. The number of rotatable bonds is 5. The van der Waals surface area contributed by atoms with Crippen molar-refractivity contribution in [1.82, 2.24) is 9.59 Å². The van der Waals surface area contributed by atoms with Gasteiger partial charge in [-0.25, -0.2) is 0 Å². The first-order valence-corrected chi connectivity index (χ1v) is 5.57. The molecule has 1 rings (SSSR count). The van der Waals surface area contributed by atoms with Crippen LogP contribution in [0.5, 0.6) is 0 Å². The first-order chi connectivity index (χ1) is 6.25. The summed E-state index contributed by atoms with van der Waals surface area (Å²) < 4.78 is 3.88. The Balaban J connectivity index is 2.39. The van der Waals surface area contributed by atoms with Gasteiger partial charge in [-0.1, -0.05) is 30.7 Å². The lowest BCUT2D eigenvalue weighted by Crippen LogP contribution is -2.09. The minimum Gasteiger partial charge on any atom is -0.323 e. The van der Waals surface area contributed by atoms with E-state index in [1.54, 1.807) is 0 Å². The van der Waals surface area contributed by atoms with Gasteiger partial charge in [0.2, 0.25) is 0 Å². The molecule has 0 aliphatic heterocycles. The van der Waals surface area contributed by atoms with E-state index in [2.05, 4.69) is 16.5 Å². The van der Waals surface area contributed by atoms with Crippen molar-refractivity contribution in [3.05, 3.63) is 10.6 Å². The highest BCUT2D eigenvalue weighted by atomic mass is 32.1. The van der Waals surface area contributed by atoms with Crippen molar-refractivity contribution in [2.24, 2.45) is 5.73 Å². The Labute approximate surface area is 83.5 Å². The lowest BCUT2D eigenvalue weighted by molar-refractivity contribution is 0.585. The molecule has 0 bridgehead atoms. The highest BCUT2D eigenvalue weighted by Crippen LogP contribution is 2.22. The van der Waals surface area contributed by atoms with Gasteiger partial charge in [0.05, 0.1) is 10.6 Å². The summed E-state index contributed by atoms with van der Waals surface area (Å²) >= 11 is 1.43. The van der Waals surface area contributed by atoms with E-state index in [0.29, 0.717) is 0 Å². The van der Waals surface area contributed by atoms with Gasteiger partial charge in [0, 0.05) is 6.04 Å². The Hall–Kier alpha value is -0.480. The van der Waals surface area contributed by atoms with Gasteiger partial charge in [-0.3, -0.25) is 0 Å². The molecule has 0 spiro atoms. The minimum atomic E-state index is 0.145. The quantitative estimate of drug-likeness (QED) is 0.741. The third-order valence-corrected chi connectivity index (χ3v) is 3.10. The molecule has 74 valence electrons. The third kappa shape index (κ3) is 3.04. The molecule has 1 unspecified atom stereocenters. The van der Waals surface area contributed by atoms with E-state index in [4.69, 9.17) is 5.73 Å². The number of hydrogen-bond donors (Lipinski definition) is 1. The van der Waals surface area contributed by atoms with Crippen LogP contribution in [-0.4, -0.2) is 9.59 Å². The molecule has 0 aliphatic carbocycles. The van der Waals surface area contributed by atoms with E-state index in [1.165, 1.54) is 30.8 Å². The van der Waals surface area contributed by atoms with Crippen molar-refractivity contribution < 1.29 is 0 Å². The van der Waals surface area contributed by atoms with E-state index in [9.17, 15) is 0 Å². The second-order valence-corrected chi connectivity index (χ2v) is 4.11. The van der Waals surface area contributed by atoms with E-state index in [-0.39, 0.29) is 6.04 Å². The first-order valence-electron chi connectivity index (χ1n) is 4.80. The number of aromatic nitrogens is 2. The predicted octanol–water partition coefficient (Wildman–Crippen LogP) is 2.43. The summed E-state index contributed by atoms with van der Waals surface area (Å²) in [5.74, 6) is 0. The van der Waals surface area contributed by atoms with Gasteiger partial charge in [-0.2, -0.15) is 0 Å². The standard InChI is InChI=1S/C9H17N3S/c1-3-4-5-6-8(10)9-7(2)11-12-13-9/h8H,3-6,10H2,1-2H3. The van der Waals surface area contributed by atoms with Crippen molar-refractivity contribution in [2.75, 3.05) is 0 Å². The molecule has 13 heavy (non-hydrogen) atoms. The van der Waals surface area contributed by atoms with Crippen LogP contribution in [0, 0.1) is 6.92 Å². The Bertz CT molecular complexity index is 247. The molecule has 2 N–H and O–H groups in total. The summed E-state index contributed by atoms with van der Waals surface area (Å²) in [7, 11) is 0. The van der Waals surface area contributed by atoms with Gasteiger partial charge in [0.25, 0.3) is 0 Å². The predicted molar refractivity (Wildman–Crippen MR) is 55.7 cm³/mol. The molecule has 4 heteroatoms. The van der Waals surface area contributed by atoms with Gasteiger partial charge >= 0.3 is 0 Å². The molecule has 1 heterocycles. The van der Waals surface area contributed by atoms with Gasteiger partial charge < -0.3 is 5.73 Å². The van der Waals surface area contributed by atoms with Crippen molar-refractivity contribution in [3.63, 3.8) is 0 Å². The number of nitrogens with two attached hydrogens (primary N) is 1. The van der Waals surface area contributed by atoms with E-state index < -0.39 is 0 Å². The van der Waals surface area contributed by atoms with Crippen molar-refractivity contribution in [1.29, 1.82) is 0 Å². The zero-order valence-corrected chi connectivity index (χ0v) is 9.10. The Morgan fingerprint density at radius 2 is 2.23 bits per heavy atom. The molecule has 0 saturated heterocycles. The molecule has 1 aromatic heterocycles. The highest BCUT2D eigenvalue weighted by molar-refractivity contribution is 7.05. The van der Waals surface area contributed by atoms with Crippen LogP contribution in [0.4, 0.5) is 0 Å². The summed E-state index contributed by atoms with van der Waals surface area (Å²) in [6.45, 7) is 4.17. The molecule has 0 aromatic carbocycles. The molecular formula is C9H17N3S.